The first-order chi connectivity index (χ1) is 8.97. The first-order valence-corrected chi connectivity index (χ1v) is 6.94. The first-order valence-electron chi connectivity index (χ1n) is 5.39. The Morgan fingerprint density at radius 2 is 1.84 bits per heavy atom. The van der Waals surface area contributed by atoms with Crippen molar-refractivity contribution in [3.8, 4) is 0 Å². The molecule has 0 N–H and O–H groups in total. The van der Waals surface area contributed by atoms with Gasteiger partial charge in [0.1, 0.15) is 5.82 Å². The number of hydrogen-bond acceptors (Lipinski definition) is 1. The van der Waals surface area contributed by atoms with Gasteiger partial charge in [-0.1, -0.05) is 29.3 Å². The van der Waals surface area contributed by atoms with Crippen LogP contribution in [0.15, 0.2) is 40.9 Å². The number of rotatable bonds is 3. The highest BCUT2D eigenvalue weighted by Gasteiger charge is 2.10. The number of hydrogen-bond donors (Lipinski definition) is 0. The lowest BCUT2D eigenvalue weighted by Crippen LogP contribution is -2.03. The average molecular weight is 362 g/mol. The van der Waals surface area contributed by atoms with Crippen molar-refractivity contribution in [2.45, 2.75) is 6.42 Å². The summed E-state index contributed by atoms with van der Waals surface area (Å²) in [6.07, 6.45) is 0.161. The predicted octanol–water partition coefficient (Wildman–Crippen LogP) is 5.32. The number of carbonyl (C=O) groups excluding carboxylic acids is 1. The van der Waals surface area contributed by atoms with Gasteiger partial charge < -0.3 is 0 Å². The zero-order chi connectivity index (χ0) is 14.0. The molecule has 2 aromatic rings. The average Bonchev–Trinajstić information content (AvgIpc) is 2.37. The summed E-state index contributed by atoms with van der Waals surface area (Å²) in [6, 6.07) is 9.22. The third-order valence-electron chi connectivity index (χ3n) is 2.59. The molecule has 0 aliphatic rings. The molecule has 0 aliphatic heterocycles. The van der Waals surface area contributed by atoms with Crippen LogP contribution in [0.5, 0.6) is 0 Å². The van der Waals surface area contributed by atoms with Crippen LogP contribution in [0.3, 0.4) is 0 Å². The van der Waals surface area contributed by atoms with Crippen molar-refractivity contribution in [2.75, 3.05) is 0 Å². The molecule has 0 amide bonds. The number of carbonyl (C=O) groups is 1. The van der Waals surface area contributed by atoms with Gasteiger partial charge in [0.05, 0.1) is 10.0 Å². The smallest absolute Gasteiger partial charge is 0.167 e. The lowest BCUT2D eigenvalue weighted by Gasteiger charge is -2.04. The second-order valence-corrected chi connectivity index (χ2v) is 5.65. The fourth-order valence-electron chi connectivity index (χ4n) is 1.61. The summed E-state index contributed by atoms with van der Waals surface area (Å²) in [5.41, 5.74) is 1.21. The fourth-order valence-corrected chi connectivity index (χ4v) is 2.31. The third kappa shape index (κ3) is 3.56. The van der Waals surface area contributed by atoms with Crippen molar-refractivity contribution < 1.29 is 9.18 Å². The van der Waals surface area contributed by atoms with Gasteiger partial charge in [-0.2, -0.15) is 0 Å². The van der Waals surface area contributed by atoms with Gasteiger partial charge >= 0.3 is 0 Å². The maximum atomic E-state index is 13.0. The van der Waals surface area contributed by atoms with Gasteiger partial charge in [0.25, 0.3) is 0 Å². The largest absolute Gasteiger partial charge is 0.294 e. The lowest BCUT2D eigenvalue weighted by atomic mass is 10.0. The molecular formula is C14H8BrCl2FO. The molecule has 5 heteroatoms. The Morgan fingerprint density at radius 3 is 2.47 bits per heavy atom. The molecular weight excluding hydrogens is 354 g/mol. The van der Waals surface area contributed by atoms with E-state index in [4.69, 9.17) is 23.2 Å². The summed E-state index contributed by atoms with van der Waals surface area (Å²) < 4.78 is 13.7. The molecule has 0 spiro atoms. The van der Waals surface area contributed by atoms with Gasteiger partial charge in [0.15, 0.2) is 5.78 Å². The Hall–Kier alpha value is -0.900. The van der Waals surface area contributed by atoms with E-state index in [0.717, 1.165) is 0 Å². The van der Waals surface area contributed by atoms with E-state index in [9.17, 15) is 9.18 Å². The highest BCUT2D eigenvalue weighted by molar-refractivity contribution is 9.10. The molecule has 0 saturated carbocycles. The first kappa shape index (κ1) is 14.5. The molecule has 2 rings (SSSR count). The highest BCUT2D eigenvalue weighted by atomic mass is 79.9. The minimum Gasteiger partial charge on any atom is -0.294 e. The summed E-state index contributed by atoms with van der Waals surface area (Å²) >= 11 is 14.8. The summed E-state index contributed by atoms with van der Waals surface area (Å²) in [6.45, 7) is 0. The lowest BCUT2D eigenvalue weighted by molar-refractivity contribution is 0.0993. The van der Waals surface area contributed by atoms with Gasteiger partial charge in [-0.05, 0) is 51.8 Å². The molecule has 0 bridgehead atoms. The zero-order valence-corrected chi connectivity index (χ0v) is 12.7. The number of halogens is 4. The summed E-state index contributed by atoms with van der Waals surface area (Å²) in [4.78, 5) is 12.1. The predicted molar refractivity (Wildman–Crippen MR) is 78.6 cm³/mol. The number of Topliss-reactive ketones (excluding diaryl/α,β-unsaturated/α-hetero) is 1. The van der Waals surface area contributed by atoms with E-state index in [1.54, 1.807) is 24.3 Å². The monoisotopic (exact) mass is 360 g/mol. The van der Waals surface area contributed by atoms with Crippen LogP contribution in [0, 0.1) is 5.82 Å². The number of benzene rings is 2. The van der Waals surface area contributed by atoms with E-state index in [-0.39, 0.29) is 17.2 Å². The summed E-state index contributed by atoms with van der Waals surface area (Å²) in [7, 11) is 0. The van der Waals surface area contributed by atoms with Gasteiger partial charge in [0, 0.05) is 16.5 Å². The van der Waals surface area contributed by atoms with E-state index >= 15 is 0 Å². The normalized spacial score (nSPS) is 10.5. The molecule has 0 radical (unpaired) electrons. The van der Waals surface area contributed by atoms with Crippen LogP contribution >= 0.6 is 39.1 Å². The summed E-state index contributed by atoms with van der Waals surface area (Å²) in [5.74, 6) is -0.577. The fraction of sp³-hybridized carbons (Fsp3) is 0.0714. The van der Waals surface area contributed by atoms with E-state index in [1.807, 2.05) is 0 Å². The van der Waals surface area contributed by atoms with Crippen LogP contribution in [0.4, 0.5) is 4.39 Å². The van der Waals surface area contributed by atoms with Crippen LogP contribution in [0.1, 0.15) is 15.9 Å². The minimum atomic E-state index is -0.493. The Morgan fingerprint density at radius 1 is 1.11 bits per heavy atom. The third-order valence-corrected chi connectivity index (χ3v) is 4.09. The van der Waals surface area contributed by atoms with Gasteiger partial charge in [-0.15, -0.1) is 0 Å². The molecule has 19 heavy (non-hydrogen) atoms. The topological polar surface area (TPSA) is 17.1 Å². The maximum absolute atomic E-state index is 13.0. The van der Waals surface area contributed by atoms with Crippen molar-refractivity contribution in [2.24, 2.45) is 0 Å². The van der Waals surface area contributed by atoms with Crippen LogP contribution in [0.25, 0.3) is 0 Å². The quantitative estimate of drug-likeness (QED) is 0.676. The Bertz CT molecular complexity index is 643. The SMILES string of the molecule is O=C(Cc1ccc(F)c(Cl)c1)c1ccc(Cl)c(Br)c1. The Labute approximate surface area is 128 Å². The molecule has 0 atom stereocenters. The zero-order valence-electron chi connectivity index (χ0n) is 9.59. The van der Waals surface area contributed by atoms with E-state index in [1.165, 1.54) is 12.1 Å². The van der Waals surface area contributed by atoms with Crippen molar-refractivity contribution in [3.63, 3.8) is 0 Å². The van der Waals surface area contributed by atoms with Gasteiger partial charge in [0.2, 0.25) is 0 Å². The second kappa shape index (κ2) is 6.04. The molecule has 0 aliphatic carbocycles. The standard InChI is InChI=1S/C14H8BrCl2FO/c15-10-7-9(2-3-11(10)16)14(19)6-8-1-4-13(18)12(17)5-8/h1-5,7H,6H2. The van der Waals surface area contributed by atoms with E-state index in [2.05, 4.69) is 15.9 Å². The maximum Gasteiger partial charge on any atom is 0.167 e. The Balaban J connectivity index is 2.20. The molecule has 0 unspecified atom stereocenters. The van der Waals surface area contributed by atoms with Crippen molar-refractivity contribution in [1.29, 1.82) is 0 Å². The highest BCUT2D eigenvalue weighted by Crippen LogP contribution is 2.24. The molecule has 0 fully saturated rings. The minimum absolute atomic E-state index is 0.0163. The molecule has 0 saturated heterocycles. The van der Waals surface area contributed by atoms with Crippen LogP contribution in [0.2, 0.25) is 10.0 Å². The number of ketones is 1. The summed E-state index contributed by atoms with van der Waals surface area (Å²) in [5, 5.41) is 0.559. The van der Waals surface area contributed by atoms with E-state index in [0.29, 0.717) is 20.6 Å². The molecule has 1 nitrogen and oxygen atoms in total. The molecule has 98 valence electrons. The molecule has 2 aromatic carbocycles. The second-order valence-electron chi connectivity index (χ2n) is 3.98. The van der Waals surface area contributed by atoms with Gasteiger partial charge in [-0.3, -0.25) is 4.79 Å². The molecule has 0 aromatic heterocycles. The Kier molecular flexibility index (Phi) is 4.61. The van der Waals surface area contributed by atoms with Crippen LogP contribution < -0.4 is 0 Å². The van der Waals surface area contributed by atoms with Crippen molar-refractivity contribution in [1.82, 2.24) is 0 Å². The van der Waals surface area contributed by atoms with Crippen LogP contribution in [-0.2, 0) is 6.42 Å². The van der Waals surface area contributed by atoms with Crippen LogP contribution in [-0.4, -0.2) is 5.78 Å². The van der Waals surface area contributed by atoms with E-state index < -0.39 is 5.82 Å². The van der Waals surface area contributed by atoms with Crippen molar-refractivity contribution >= 4 is 44.9 Å². The molecule has 0 heterocycles. The van der Waals surface area contributed by atoms with Crippen molar-refractivity contribution in [3.05, 3.63) is 67.9 Å². The van der Waals surface area contributed by atoms with Gasteiger partial charge in [-0.25, -0.2) is 4.39 Å².